The zero-order valence-electron chi connectivity index (χ0n) is 17.2. The first-order chi connectivity index (χ1) is 15.6. The minimum absolute atomic E-state index is 0.320. The fourth-order valence-electron chi connectivity index (χ4n) is 4.07. The molecule has 0 saturated carbocycles. The lowest BCUT2D eigenvalue weighted by Crippen LogP contribution is -2.37. The minimum Gasteiger partial charge on any atom is -0.481 e. The van der Waals surface area contributed by atoms with Crippen LogP contribution in [0.2, 0.25) is 0 Å². The lowest BCUT2D eigenvalue weighted by Gasteiger charge is -2.30. The van der Waals surface area contributed by atoms with Crippen LogP contribution in [0.15, 0.2) is 42.7 Å². The summed E-state index contributed by atoms with van der Waals surface area (Å²) in [6.45, 7) is 1.72. The normalized spacial score (nSPS) is 14.5. The number of nitrogens with zero attached hydrogens (tertiary/aromatic N) is 5. The summed E-state index contributed by atoms with van der Waals surface area (Å²) < 4.78 is 0. The Morgan fingerprint density at radius 3 is 2.78 bits per heavy atom. The van der Waals surface area contributed by atoms with Gasteiger partial charge in [-0.25, -0.2) is 9.97 Å². The van der Waals surface area contributed by atoms with Gasteiger partial charge in [-0.15, -0.1) is 0 Å². The van der Waals surface area contributed by atoms with Gasteiger partial charge in [-0.3, -0.25) is 4.79 Å². The zero-order valence-corrected chi connectivity index (χ0v) is 17.2. The Hall–Kier alpha value is -4.19. The third-order valence-corrected chi connectivity index (χ3v) is 5.88. The molecule has 0 aliphatic carbocycles. The minimum atomic E-state index is -0.746. The van der Waals surface area contributed by atoms with E-state index in [9.17, 15) is 15.2 Å². The number of benzene rings is 2. The second-order valence-corrected chi connectivity index (χ2v) is 7.92. The molecule has 9 nitrogen and oxygen atoms in total. The summed E-state index contributed by atoms with van der Waals surface area (Å²) in [5.41, 5.74) is 4.21. The van der Waals surface area contributed by atoms with Crippen molar-refractivity contribution in [1.29, 1.82) is 5.26 Å². The van der Waals surface area contributed by atoms with E-state index in [1.54, 1.807) is 18.5 Å². The van der Waals surface area contributed by atoms with Crippen molar-refractivity contribution in [1.82, 2.24) is 19.9 Å². The van der Waals surface area contributed by atoms with E-state index in [0.717, 1.165) is 27.5 Å². The van der Waals surface area contributed by atoms with E-state index in [1.807, 2.05) is 29.2 Å². The highest BCUT2D eigenvalue weighted by Crippen LogP contribution is 2.28. The number of H-pyrrole nitrogens is 1. The number of fused-ring (bicyclic) bond motifs is 2. The third kappa shape index (κ3) is 3.78. The number of aliphatic carboxylic acids is 1. The number of aromatic amines is 1. The molecular weight excluding hydrogens is 406 g/mol. The Balaban J connectivity index is 1.46. The zero-order chi connectivity index (χ0) is 22.1. The summed E-state index contributed by atoms with van der Waals surface area (Å²) in [6.07, 6.45) is 2.80. The molecule has 1 aliphatic heterocycles. The molecule has 0 bridgehead atoms. The van der Waals surface area contributed by atoms with Crippen molar-refractivity contribution in [2.24, 2.45) is 5.92 Å². The highest BCUT2D eigenvalue weighted by molar-refractivity contribution is 5.91. The van der Waals surface area contributed by atoms with Crippen LogP contribution < -0.4 is 10.2 Å². The second-order valence-electron chi connectivity index (χ2n) is 7.92. The molecule has 32 heavy (non-hydrogen) atoms. The van der Waals surface area contributed by atoms with Crippen LogP contribution in [0.5, 0.6) is 0 Å². The van der Waals surface area contributed by atoms with Crippen molar-refractivity contribution in [3.05, 3.63) is 53.9 Å². The van der Waals surface area contributed by atoms with Gasteiger partial charge in [0.1, 0.15) is 5.82 Å². The molecule has 1 saturated heterocycles. The molecule has 2 aromatic heterocycles. The molecule has 2 aromatic carbocycles. The number of rotatable bonds is 5. The molecule has 5 rings (SSSR count). The van der Waals surface area contributed by atoms with Crippen LogP contribution in [0.4, 0.5) is 11.8 Å². The van der Waals surface area contributed by atoms with Crippen LogP contribution in [-0.4, -0.2) is 44.1 Å². The lowest BCUT2D eigenvalue weighted by atomic mass is 9.97. The van der Waals surface area contributed by atoms with E-state index < -0.39 is 5.97 Å². The van der Waals surface area contributed by atoms with Gasteiger partial charge < -0.3 is 20.3 Å². The van der Waals surface area contributed by atoms with Gasteiger partial charge >= 0.3 is 5.97 Å². The van der Waals surface area contributed by atoms with E-state index in [4.69, 9.17) is 9.97 Å². The Labute approximate surface area is 183 Å². The summed E-state index contributed by atoms with van der Waals surface area (Å²) in [6, 6.07) is 13.5. The van der Waals surface area contributed by atoms with Crippen LogP contribution in [-0.2, 0) is 11.3 Å². The number of nitrogens with one attached hydrogen (secondary N) is 2. The van der Waals surface area contributed by atoms with E-state index in [-0.39, 0.29) is 5.92 Å². The Morgan fingerprint density at radius 2 is 2.00 bits per heavy atom. The highest BCUT2D eigenvalue weighted by atomic mass is 16.4. The number of imidazole rings is 1. The van der Waals surface area contributed by atoms with Crippen LogP contribution in [0, 0.1) is 17.2 Å². The van der Waals surface area contributed by atoms with E-state index in [2.05, 4.69) is 21.4 Å². The van der Waals surface area contributed by atoms with Gasteiger partial charge in [0.05, 0.1) is 40.4 Å². The van der Waals surface area contributed by atoms with Crippen LogP contribution in [0.3, 0.4) is 0 Å². The summed E-state index contributed by atoms with van der Waals surface area (Å²) in [5.74, 6) is 0.148. The molecule has 3 N–H and O–H groups in total. The average molecular weight is 427 g/mol. The number of piperidine rings is 1. The Bertz CT molecular complexity index is 1350. The van der Waals surface area contributed by atoms with Crippen molar-refractivity contribution in [3.8, 4) is 6.07 Å². The number of aromatic nitrogens is 4. The highest BCUT2D eigenvalue weighted by Gasteiger charge is 2.26. The Morgan fingerprint density at radius 1 is 1.19 bits per heavy atom. The molecule has 1 aliphatic rings. The van der Waals surface area contributed by atoms with Crippen molar-refractivity contribution < 1.29 is 9.90 Å². The fourth-order valence-corrected chi connectivity index (χ4v) is 4.07. The first kappa shape index (κ1) is 19.8. The summed E-state index contributed by atoms with van der Waals surface area (Å²) in [7, 11) is 0. The predicted octanol–water partition coefficient (Wildman–Crippen LogP) is 3.29. The standard InChI is InChI=1S/C23H21N7O2/c24-11-14-1-3-18-17(9-14)21(25-12-15-2-4-19-20(10-15)27-13-26-19)29-23(28-18)30-7-5-16(6-8-30)22(31)32/h1-4,9-10,13,16H,5-8,12H2,(H,26,27)(H,31,32)(H,25,28,29). The summed E-state index contributed by atoms with van der Waals surface area (Å²) in [5, 5.41) is 22.8. The maximum Gasteiger partial charge on any atom is 0.306 e. The van der Waals surface area contributed by atoms with Crippen molar-refractivity contribution >= 4 is 39.7 Å². The van der Waals surface area contributed by atoms with Gasteiger partial charge in [-0.1, -0.05) is 6.07 Å². The molecule has 0 unspecified atom stereocenters. The number of carboxylic acid groups (broad SMARTS) is 1. The molecule has 0 amide bonds. The van der Waals surface area contributed by atoms with E-state index >= 15 is 0 Å². The number of carboxylic acids is 1. The lowest BCUT2D eigenvalue weighted by molar-refractivity contribution is -0.142. The van der Waals surface area contributed by atoms with E-state index in [1.165, 1.54) is 0 Å². The molecule has 0 atom stereocenters. The molecular formula is C23H21N7O2. The summed E-state index contributed by atoms with van der Waals surface area (Å²) >= 11 is 0. The average Bonchev–Trinajstić information content (AvgIpc) is 3.30. The maximum absolute atomic E-state index is 11.3. The SMILES string of the molecule is N#Cc1ccc2nc(N3CCC(C(=O)O)CC3)nc(NCc3ccc4nc[nH]c4c3)c2c1. The van der Waals surface area contributed by atoms with Crippen LogP contribution in [0.1, 0.15) is 24.0 Å². The Kier molecular flexibility index (Phi) is 5.03. The van der Waals surface area contributed by atoms with Crippen molar-refractivity contribution in [2.45, 2.75) is 19.4 Å². The topological polar surface area (TPSA) is 131 Å². The van der Waals surface area contributed by atoms with Crippen molar-refractivity contribution in [2.75, 3.05) is 23.3 Å². The quantitative estimate of drug-likeness (QED) is 0.442. The van der Waals surface area contributed by atoms with Gasteiger partial charge in [-0.2, -0.15) is 10.2 Å². The van der Waals surface area contributed by atoms with Crippen LogP contribution >= 0.6 is 0 Å². The second kappa shape index (κ2) is 8.15. The molecule has 0 radical (unpaired) electrons. The predicted molar refractivity (Wildman–Crippen MR) is 120 cm³/mol. The van der Waals surface area contributed by atoms with Gasteiger partial charge in [-0.05, 0) is 48.7 Å². The number of carbonyl (C=O) groups is 1. The van der Waals surface area contributed by atoms with Gasteiger partial charge in [0.2, 0.25) is 5.95 Å². The van der Waals surface area contributed by atoms with Crippen LogP contribution in [0.25, 0.3) is 21.9 Å². The maximum atomic E-state index is 11.3. The molecule has 3 heterocycles. The van der Waals surface area contributed by atoms with Gasteiger partial charge in [0.25, 0.3) is 0 Å². The largest absolute Gasteiger partial charge is 0.481 e. The number of anilines is 2. The fraction of sp³-hybridized carbons (Fsp3) is 0.261. The number of hydrogen-bond acceptors (Lipinski definition) is 7. The van der Waals surface area contributed by atoms with Gasteiger partial charge in [0.15, 0.2) is 0 Å². The van der Waals surface area contributed by atoms with Crippen molar-refractivity contribution in [3.63, 3.8) is 0 Å². The summed E-state index contributed by atoms with van der Waals surface area (Å²) in [4.78, 5) is 30.1. The number of nitriles is 1. The molecule has 160 valence electrons. The monoisotopic (exact) mass is 427 g/mol. The van der Waals surface area contributed by atoms with E-state index in [0.29, 0.717) is 49.8 Å². The molecule has 9 heteroatoms. The smallest absolute Gasteiger partial charge is 0.306 e. The third-order valence-electron chi connectivity index (χ3n) is 5.88. The first-order valence-electron chi connectivity index (χ1n) is 10.5. The first-order valence-corrected chi connectivity index (χ1v) is 10.5. The van der Waals surface area contributed by atoms with Gasteiger partial charge in [0, 0.05) is 25.0 Å². The molecule has 1 fully saturated rings. The number of hydrogen-bond donors (Lipinski definition) is 3. The molecule has 0 spiro atoms. The molecule has 4 aromatic rings.